The zero-order valence-corrected chi connectivity index (χ0v) is 25.0. The van der Waals surface area contributed by atoms with Crippen molar-refractivity contribution >= 4 is 60.5 Å². The van der Waals surface area contributed by atoms with E-state index in [1.807, 2.05) is 42.5 Å². The molecule has 0 aliphatic heterocycles. The van der Waals surface area contributed by atoms with Crippen molar-refractivity contribution in [3.05, 3.63) is 170 Å². The largest absolute Gasteiger partial charge is 0.436 e. The van der Waals surface area contributed by atoms with Crippen LogP contribution in [-0.4, -0.2) is 4.98 Å². The van der Waals surface area contributed by atoms with E-state index in [1.165, 1.54) is 32.3 Å². The average molecular weight is 589 g/mol. The highest BCUT2D eigenvalue weighted by molar-refractivity contribution is 6.17. The number of hydrogen-bond donors (Lipinski definition) is 0. The molecule has 0 amide bonds. The third-order valence-electron chi connectivity index (χ3n) is 8.88. The molecule has 0 saturated carbocycles. The molecule has 1 heterocycles. The number of anilines is 3. The molecule has 46 heavy (non-hydrogen) atoms. The van der Waals surface area contributed by atoms with Crippen LogP contribution < -0.4 is 4.90 Å². The highest BCUT2D eigenvalue weighted by Gasteiger charge is 2.16. The molecule has 3 heteroatoms. The lowest BCUT2D eigenvalue weighted by atomic mass is 9.96. The number of benzene rings is 8. The van der Waals surface area contributed by atoms with E-state index in [-0.39, 0.29) is 0 Å². The number of oxazole rings is 1. The van der Waals surface area contributed by atoms with Crippen LogP contribution in [0, 0.1) is 0 Å². The number of nitrogens with zero attached hydrogens (tertiary/aromatic N) is 2. The Morgan fingerprint density at radius 2 is 1.04 bits per heavy atom. The van der Waals surface area contributed by atoms with E-state index >= 15 is 0 Å². The summed E-state index contributed by atoms with van der Waals surface area (Å²) >= 11 is 0. The number of hydrogen-bond acceptors (Lipinski definition) is 3. The first-order chi connectivity index (χ1) is 22.8. The molecule has 9 rings (SSSR count). The van der Waals surface area contributed by atoms with Gasteiger partial charge in [0.15, 0.2) is 5.58 Å². The number of para-hydroxylation sites is 2. The third-order valence-corrected chi connectivity index (χ3v) is 8.88. The zero-order chi connectivity index (χ0) is 30.5. The molecule has 0 N–H and O–H groups in total. The van der Waals surface area contributed by atoms with Crippen molar-refractivity contribution < 1.29 is 4.42 Å². The van der Waals surface area contributed by atoms with Crippen molar-refractivity contribution in [3.8, 4) is 22.6 Å². The van der Waals surface area contributed by atoms with Crippen molar-refractivity contribution in [1.29, 1.82) is 0 Å². The van der Waals surface area contributed by atoms with Crippen LogP contribution in [0.5, 0.6) is 0 Å². The summed E-state index contributed by atoms with van der Waals surface area (Å²) in [6.45, 7) is 0. The Bertz CT molecular complexity index is 2520. The lowest BCUT2D eigenvalue weighted by Crippen LogP contribution is -2.09. The van der Waals surface area contributed by atoms with Gasteiger partial charge in [-0.3, -0.25) is 0 Å². The molecule has 1 aromatic heterocycles. The van der Waals surface area contributed by atoms with Crippen LogP contribution >= 0.6 is 0 Å². The summed E-state index contributed by atoms with van der Waals surface area (Å²) < 4.78 is 6.16. The number of fused-ring (bicyclic) bond motifs is 6. The summed E-state index contributed by atoms with van der Waals surface area (Å²) in [5, 5.41) is 7.54. The fourth-order valence-corrected chi connectivity index (χ4v) is 6.65. The molecule has 8 aromatic carbocycles. The molecular formula is C43H28N2O. The number of aromatic nitrogens is 1. The average Bonchev–Trinajstić information content (AvgIpc) is 3.58. The van der Waals surface area contributed by atoms with Crippen LogP contribution in [0.1, 0.15) is 0 Å². The summed E-state index contributed by atoms with van der Waals surface area (Å²) in [5.41, 5.74) is 8.04. The van der Waals surface area contributed by atoms with Crippen LogP contribution in [0.3, 0.4) is 0 Å². The third kappa shape index (κ3) is 4.41. The second-order valence-corrected chi connectivity index (χ2v) is 11.6. The van der Waals surface area contributed by atoms with Gasteiger partial charge in [0.05, 0.1) is 0 Å². The Labute approximate surface area is 266 Å². The van der Waals surface area contributed by atoms with Crippen molar-refractivity contribution in [3.63, 3.8) is 0 Å². The number of rotatable bonds is 5. The van der Waals surface area contributed by atoms with Crippen LogP contribution in [0.4, 0.5) is 17.1 Å². The summed E-state index contributed by atoms with van der Waals surface area (Å²) in [5.74, 6) is 0.631. The molecular weight excluding hydrogens is 560 g/mol. The molecule has 0 aliphatic carbocycles. The van der Waals surface area contributed by atoms with Crippen molar-refractivity contribution in [2.75, 3.05) is 4.90 Å². The van der Waals surface area contributed by atoms with E-state index < -0.39 is 0 Å². The lowest BCUT2D eigenvalue weighted by Gasteiger charge is -2.26. The summed E-state index contributed by atoms with van der Waals surface area (Å²) in [7, 11) is 0. The highest BCUT2D eigenvalue weighted by atomic mass is 16.3. The minimum Gasteiger partial charge on any atom is -0.436 e. The molecule has 0 unspecified atom stereocenters. The molecule has 0 atom stereocenters. The van der Waals surface area contributed by atoms with Gasteiger partial charge in [-0.15, -0.1) is 0 Å². The van der Waals surface area contributed by atoms with Crippen LogP contribution in [0.15, 0.2) is 174 Å². The highest BCUT2D eigenvalue weighted by Crippen LogP contribution is 2.40. The summed E-state index contributed by atoms with van der Waals surface area (Å²) in [6.07, 6.45) is 0. The second kappa shape index (κ2) is 10.8. The van der Waals surface area contributed by atoms with Gasteiger partial charge in [-0.25, -0.2) is 4.98 Å². The Morgan fingerprint density at radius 3 is 1.85 bits per heavy atom. The fourth-order valence-electron chi connectivity index (χ4n) is 6.65. The van der Waals surface area contributed by atoms with Crippen LogP contribution in [0.25, 0.3) is 66.0 Å². The second-order valence-electron chi connectivity index (χ2n) is 11.6. The van der Waals surface area contributed by atoms with Gasteiger partial charge in [0.25, 0.3) is 0 Å². The van der Waals surface area contributed by atoms with Crippen molar-refractivity contribution in [2.24, 2.45) is 0 Å². The summed E-state index contributed by atoms with van der Waals surface area (Å²) in [6, 6.07) is 59.9. The molecule has 3 nitrogen and oxygen atoms in total. The maximum Gasteiger partial charge on any atom is 0.227 e. The zero-order valence-electron chi connectivity index (χ0n) is 25.0. The van der Waals surface area contributed by atoms with Crippen LogP contribution in [-0.2, 0) is 0 Å². The monoisotopic (exact) mass is 588 g/mol. The molecule has 0 radical (unpaired) electrons. The molecule has 0 spiro atoms. The van der Waals surface area contributed by atoms with Gasteiger partial charge in [-0.2, -0.15) is 0 Å². The van der Waals surface area contributed by atoms with Crippen molar-refractivity contribution in [2.45, 2.75) is 0 Å². The van der Waals surface area contributed by atoms with Crippen molar-refractivity contribution in [1.82, 2.24) is 4.98 Å². The standard InChI is InChI=1S/C43H28N2O/c1-3-11-32(12-4-1)43-44-42-37(16-9-17-41(42)46-43)30-18-23-34(24-19-30)45(33-13-5-2-6-14-33)35-25-20-31-22-26-38-36-15-8-7-10-29(36)21-27-39(38)40(31)28-35/h1-28H. The predicted molar refractivity (Wildman–Crippen MR) is 192 cm³/mol. The van der Waals surface area contributed by atoms with E-state index in [1.54, 1.807) is 0 Å². The van der Waals surface area contributed by atoms with Gasteiger partial charge in [-0.1, -0.05) is 115 Å². The maximum atomic E-state index is 6.16. The molecule has 0 bridgehead atoms. The first kappa shape index (κ1) is 26.2. The molecule has 0 saturated heterocycles. The molecule has 0 fully saturated rings. The first-order valence-electron chi connectivity index (χ1n) is 15.5. The predicted octanol–water partition coefficient (Wildman–Crippen LogP) is 12.1. The fraction of sp³-hybridized carbons (Fsp3) is 0. The van der Waals surface area contributed by atoms with Gasteiger partial charge in [-0.05, 0) is 92.5 Å². The Balaban J connectivity index is 1.16. The van der Waals surface area contributed by atoms with E-state index in [0.29, 0.717) is 5.89 Å². The van der Waals surface area contributed by atoms with E-state index in [2.05, 4.69) is 132 Å². The van der Waals surface area contributed by atoms with E-state index in [9.17, 15) is 0 Å². The summed E-state index contributed by atoms with van der Waals surface area (Å²) in [4.78, 5) is 7.23. The SMILES string of the molecule is c1ccc(-c2nc3c(-c4ccc(N(c5ccccc5)c5ccc6ccc7c8ccccc8ccc7c6c5)cc4)cccc3o2)cc1. The normalized spacial score (nSPS) is 11.5. The lowest BCUT2D eigenvalue weighted by molar-refractivity contribution is 0.620. The topological polar surface area (TPSA) is 29.3 Å². The minimum atomic E-state index is 0.631. The molecule has 0 aliphatic rings. The smallest absolute Gasteiger partial charge is 0.227 e. The van der Waals surface area contributed by atoms with E-state index in [4.69, 9.17) is 9.40 Å². The van der Waals surface area contributed by atoms with Crippen LogP contribution in [0.2, 0.25) is 0 Å². The van der Waals surface area contributed by atoms with Gasteiger partial charge >= 0.3 is 0 Å². The van der Waals surface area contributed by atoms with Gasteiger partial charge < -0.3 is 9.32 Å². The van der Waals surface area contributed by atoms with Gasteiger partial charge in [0.1, 0.15) is 5.52 Å². The quantitative estimate of drug-likeness (QED) is 0.187. The Morgan fingerprint density at radius 1 is 0.413 bits per heavy atom. The Hall–Kier alpha value is -6.19. The molecule has 216 valence electrons. The van der Waals surface area contributed by atoms with Gasteiger partial charge in [0, 0.05) is 28.2 Å². The van der Waals surface area contributed by atoms with E-state index in [0.717, 1.165) is 44.9 Å². The maximum absolute atomic E-state index is 6.16. The first-order valence-corrected chi connectivity index (χ1v) is 15.5. The Kier molecular flexibility index (Phi) is 6.14. The minimum absolute atomic E-state index is 0.631. The van der Waals surface area contributed by atoms with Gasteiger partial charge in [0.2, 0.25) is 5.89 Å². The molecule has 9 aromatic rings.